The molecule has 3 fully saturated rings. The second-order valence-electron chi connectivity index (χ2n) is 7.85. The minimum atomic E-state index is 0. The maximum Gasteiger partial charge on any atom is 0.191 e. The quantitative estimate of drug-likeness (QED) is 0.374. The molecule has 0 aromatic heterocycles. The van der Waals surface area contributed by atoms with Crippen molar-refractivity contribution in [2.75, 3.05) is 31.6 Å². The number of aliphatic imine (C=N–C) groups is 1. The lowest BCUT2D eigenvalue weighted by Gasteiger charge is -2.24. The normalized spacial score (nSPS) is 29.7. The number of guanidine groups is 1. The van der Waals surface area contributed by atoms with Crippen molar-refractivity contribution in [3.63, 3.8) is 0 Å². The van der Waals surface area contributed by atoms with Crippen LogP contribution < -0.4 is 15.5 Å². The SMILES string of the molecule is CN=C(NCC1CCN(c2cc(Cl)ccc2C)C1)NC1CC2CCC1O2.I. The summed E-state index contributed by atoms with van der Waals surface area (Å²) in [4.78, 5) is 6.86. The van der Waals surface area contributed by atoms with Crippen LogP contribution in [0.2, 0.25) is 5.02 Å². The van der Waals surface area contributed by atoms with E-state index in [-0.39, 0.29) is 24.0 Å². The average Bonchev–Trinajstić information content (AvgIpc) is 3.37. The largest absolute Gasteiger partial charge is 0.373 e. The van der Waals surface area contributed by atoms with Crippen LogP contribution >= 0.6 is 35.6 Å². The molecule has 27 heavy (non-hydrogen) atoms. The summed E-state index contributed by atoms with van der Waals surface area (Å²) in [5.74, 6) is 1.52. The van der Waals surface area contributed by atoms with Crippen LogP contribution in [0, 0.1) is 12.8 Å². The van der Waals surface area contributed by atoms with E-state index in [1.54, 1.807) is 0 Å². The molecule has 2 N–H and O–H groups in total. The second kappa shape index (κ2) is 9.18. The van der Waals surface area contributed by atoms with Crippen molar-refractivity contribution in [2.24, 2.45) is 10.9 Å². The van der Waals surface area contributed by atoms with Gasteiger partial charge in [0.05, 0.1) is 18.2 Å². The van der Waals surface area contributed by atoms with Gasteiger partial charge in [-0.2, -0.15) is 0 Å². The van der Waals surface area contributed by atoms with E-state index in [1.807, 2.05) is 13.1 Å². The summed E-state index contributed by atoms with van der Waals surface area (Å²) in [5.41, 5.74) is 2.55. The molecule has 2 bridgehead atoms. The van der Waals surface area contributed by atoms with E-state index in [0.29, 0.717) is 24.2 Å². The summed E-state index contributed by atoms with van der Waals surface area (Å²) in [5, 5.41) is 7.90. The molecule has 4 unspecified atom stereocenters. The van der Waals surface area contributed by atoms with Crippen LogP contribution in [0.3, 0.4) is 0 Å². The molecule has 0 amide bonds. The predicted octanol–water partition coefficient (Wildman–Crippen LogP) is 3.58. The highest BCUT2D eigenvalue weighted by Crippen LogP contribution is 2.34. The molecule has 3 aliphatic rings. The van der Waals surface area contributed by atoms with E-state index in [9.17, 15) is 0 Å². The van der Waals surface area contributed by atoms with Gasteiger partial charge in [-0.3, -0.25) is 4.99 Å². The highest BCUT2D eigenvalue weighted by molar-refractivity contribution is 14.0. The summed E-state index contributed by atoms with van der Waals surface area (Å²) in [6.45, 7) is 5.24. The van der Waals surface area contributed by atoms with Crippen LogP contribution in [-0.4, -0.2) is 50.9 Å². The fraction of sp³-hybridized carbons (Fsp3) is 0.650. The summed E-state index contributed by atoms with van der Waals surface area (Å²) in [7, 11) is 1.85. The Morgan fingerprint density at radius 3 is 2.89 bits per heavy atom. The Hall–Kier alpha value is -0.730. The number of hydrogen-bond donors (Lipinski definition) is 2. The zero-order chi connectivity index (χ0) is 18.1. The average molecular weight is 505 g/mol. The summed E-state index contributed by atoms with van der Waals surface area (Å²) in [6.07, 6.45) is 5.52. The third-order valence-corrected chi connectivity index (χ3v) is 6.24. The zero-order valence-electron chi connectivity index (χ0n) is 16.1. The number of benzene rings is 1. The highest BCUT2D eigenvalue weighted by Gasteiger charge is 2.41. The number of nitrogens with one attached hydrogen (secondary N) is 2. The number of aryl methyl sites for hydroxylation is 1. The number of halogens is 2. The Morgan fingerprint density at radius 2 is 2.19 bits per heavy atom. The Bertz CT molecular complexity index is 686. The van der Waals surface area contributed by atoms with Crippen molar-refractivity contribution in [3.05, 3.63) is 28.8 Å². The van der Waals surface area contributed by atoms with Gasteiger partial charge in [0.15, 0.2) is 5.96 Å². The van der Waals surface area contributed by atoms with Crippen molar-refractivity contribution >= 4 is 47.2 Å². The van der Waals surface area contributed by atoms with Crippen LogP contribution in [0.5, 0.6) is 0 Å². The molecule has 0 aliphatic carbocycles. The van der Waals surface area contributed by atoms with Crippen LogP contribution in [0.4, 0.5) is 5.69 Å². The smallest absolute Gasteiger partial charge is 0.191 e. The Kier molecular flexibility index (Phi) is 7.14. The molecule has 1 aromatic rings. The number of nitrogens with zero attached hydrogens (tertiary/aromatic N) is 2. The maximum absolute atomic E-state index is 6.19. The lowest BCUT2D eigenvalue weighted by molar-refractivity contribution is 0.0992. The Balaban J connectivity index is 0.00000210. The Morgan fingerprint density at radius 1 is 1.33 bits per heavy atom. The molecule has 3 aliphatic heterocycles. The molecule has 0 radical (unpaired) electrons. The van der Waals surface area contributed by atoms with Gasteiger partial charge in [-0.15, -0.1) is 24.0 Å². The van der Waals surface area contributed by atoms with Crippen LogP contribution in [0.1, 0.15) is 31.2 Å². The molecule has 3 heterocycles. The van der Waals surface area contributed by atoms with E-state index in [4.69, 9.17) is 16.3 Å². The molecule has 3 saturated heterocycles. The first-order valence-electron chi connectivity index (χ1n) is 9.76. The number of anilines is 1. The van der Waals surface area contributed by atoms with Gasteiger partial charge in [0.25, 0.3) is 0 Å². The predicted molar refractivity (Wildman–Crippen MR) is 123 cm³/mol. The van der Waals surface area contributed by atoms with Crippen molar-refractivity contribution in [1.29, 1.82) is 0 Å². The van der Waals surface area contributed by atoms with Gasteiger partial charge < -0.3 is 20.3 Å². The molecule has 7 heteroatoms. The molecule has 4 rings (SSSR count). The molecule has 0 spiro atoms. The first-order chi connectivity index (χ1) is 12.6. The summed E-state index contributed by atoms with van der Waals surface area (Å²) < 4.78 is 5.93. The minimum absolute atomic E-state index is 0. The van der Waals surface area contributed by atoms with Crippen molar-refractivity contribution in [3.8, 4) is 0 Å². The third-order valence-electron chi connectivity index (χ3n) is 6.01. The number of ether oxygens (including phenoxy) is 1. The van der Waals surface area contributed by atoms with Crippen LogP contribution in [0.15, 0.2) is 23.2 Å². The van der Waals surface area contributed by atoms with E-state index in [2.05, 4.69) is 39.6 Å². The van der Waals surface area contributed by atoms with Crippen molar-refractivity contribution < 1.29 is 4.74 Å². The molecule has 0 saturated carbocycles. The molecular formula is C20H30ClIN4O. The number of rotatable bonds is 4. The van der Waals surface area contributed by atoms with Gasteiger partial charge in [-0.1, -0.05) is 17.7 Å². The zero-order valence-corrected chi connectivity index (χ0v) is 19.2. The topological polar surface area (TPSA) is 48.9 Å². The van der Waals surface area contributed by atoms with Gasteiger partial charge in [-0.05, 0) is 56.2 Å². The molecule has 1 aromatic carbocycles. The van der Waals surface area contributed by atoms with Gasteiger partial charge in [-0.25, -0.2) is 0 Å². The molecular weight excluding hydrogens is 475 g/mol. The lowest BCUT2D eigenvalue weighted by atomic mass is 9.96. The third kappa shape index (κ3) is 4.82. The van der Waals surface area contributed by atoms with Gasteiger partial charge in [0, 0.05) is 37.4 Å². The van der Waals surface area contributed by atoms with Crippen LogP contribution in [0.25, 0.3) is 0 Å². The minimum Gasteiger partial charge on any atom is -0.373 e. The van der Waals surface area contributed by atoms with Crippen LogP contribution in [-0.2, 0) is 4.74 Å². The summed E-state index contributed by atoms with van der Waals surface area (Å²) in [6, 6.07) is 6.56. The van der Waals surface area contributed by atoms with E-state index in [1.165, 1.54) is 30.5 Å². The highest BCUT2D eigenvalue weighted by atomic mass is 127. The van der Waals surface area contributed by atoms with E-state index < -0.39 is 0 Å². The molecule has 5 nitrogen and oxygen atoms in total. The monoisotopic (exact) mass is 504 g/mol. The molecule has 4 atom stereocenters. The fourth-order valence-corrected chi connectivity index (χ4v) is 4.71. The number of hydrogen-bond acceptors (Lipinski definition) is 3. The Labute approximate surface area is 184 Å². The van der Waals surface area contributed by atoms with E-state index >= 15 is 0 Å². The standard InChI is InChI=1S/C20H29ClN4O.HI/c1-13-3-4-15(21)9-18(13)25-8-7-14(12-25)11-23-20(22-2)24-17-10-16-5-6-19(17)26-16;/h3-4,9,14,16-17,19H,5-8,10-12H2,1-2H3,(H2,22,23,24);1H. The van der Waals surface area contributed by atoms with Gasteiger partial charge in [0.1, 0.15) is 0 Å². The second-order valence-corrected chi connectivity index (χ2v) is 8.28. The van der Waals surface area contributed by atoms with Crippen molar-refractivity contribution in [2.45, 2.75) is 50.9 Å². The van der Waals surface area contributed by atoms with Crippen molar-refractivity contribution in [1.82, 2.24) is 10.6 Å². The first kappa shape index (κ1) is 21.0. The first-order valence-corrected chi connectivity index (χ1v) is 10.1. The maximum atomic E-state index is 6.19. The number of fused-ring (bicyclic) bond motifs is 2. The van der Waals surface area contributed by atoms with Gasteiger partial charge >= 0.3 is 0 Å². The fourth-order valence-electron chi connectivity index (χ4n) is 4.54. The summed E-state index contributed by atoms with van der Waals surface area (Å²) >= 11 is 6.19. The van der Waals surface area contributed by atoms with E-state index in [0.717, 1.165) is 37.0 Å². The lowest BCUT2D eigenvalue weighted by Crippen LogP contribution is -2.48. The van der Waals surface area contributed by atoms with Gasteiger partial charge in [0.2, 0.25) is 0 Å². The molecule has 150 valence electrons.